The van der Waals surface area contributed by atoms with Crippen molar-refractivity contribution in [2.24, 2.45) is 5.10 Å². The molecule has 0 radical (unpaired) electrons. The first kappa shape index (κ1) is 17.2. The molecule has 0 bridgehead atoms. The molecule has 7 nitrogen and oxygen atoms in total. The van der Waals surface area contributed by atoms with Gasteiger partial charge in [-0.1, -0.05) is 24.3 Å². The number of carbonyl (C=O) groups excluding carboxylic acids is 1. The van der Waals surface area contributed by atoms with Crippen LogP contribution in [0.4, 0.5) is 0 Å². The van der Waals surface area contributed by atoms with Crippen molar-refractivity contribution in [3.05, 3.63) is 65.9 Å². The van der Waals surface area contributed by atoms with Crippen LogP contribution in [0.5, 0.6) is 11.5 Å². The molecule has 132 valence electrons. The zero-order chi connectivity index (χ0) is 18.4. The van der Waals surface area contributed by atoms with Gasteiger partial charge in [0.05, 0.1) is 18.5 Å². The number of rotatable bonds is 6. The zero-order valence-corrected chi connectivity index (χ0v) is 14.1. The minimum atomic E-state index is -0.422. The summed E-state index contributed by atoms with van der Waals surface area (Å²) in [5, 5.41) is 20.2. The second-order valence-corrected chi connectivity index (χ2v) is 5.39. The van der Waals surface area contributed by atoms with Gasteiger partial charge in [-0.25, -0.2) is 5.43 Å². The van der Waals surface area contributed by atoms with Gasteiger partial charge in [0.1, 0.15) is 17.2 Å². The Bertz CT molecular complexity index is 934. The van der Waals surface area contributed by atoms with E-state index >= 15 is 0 Å². The van der Waals surface area contributed by atoms with Crippen LogP contribution in [0.3, 0.4) is 0 Å². The summed E-state index contributed by atoms with van der Waals surface area (Å²) >= 11 is 0. The first-order chi connectivity index (χ1) is 12.7. The Morgan fingerprint density at radius 2 is 2.12 bits per heavy atom. The van der Waals surface area contributed by atoms with Crippen molar-refractivity contribution in [2.45, 2.75) is 6.92 Å². The van der Waals surface area contributed by atoms with E-state index in [0.29, 0.717) is 23.6 Å². The number of phenols is 1. The third kappa shape index (κ3) is 4.07. The fourth-order valence-corrected chi connectivity index (χ4v) is 2.37. The van der Waals surface area contributed by atoms with Crippen LogP contribution in [0, 0.1) is 0 Å². The quantitative estimate of drug-likeness (QED) is 0.470. The molecule has 0 aliphatic rings. The molecule has 26 heavy (non-hydrogen) atoms. The van der Waals surface area contributed by atoms with Crippen LogP contribution >= 0.6 is 0 Å². The summed E-state index contributed by atoms with van der Waals surface area (Å²) in [4.78, 5) is 12.2. The summed E-state index contributed by atoms with van der Waals surface area (Å²) < 4.78 is 5.59. The molecule has 1 amide bonds. The molecule has 2 aromatic carbocycles. The van der Waals surface area contributed by atoms with Crippen molar-refractivity contribution in [2.75, 3.05) is 6.61 Å². The minimum absolute atomic E-state index is 0.131. The molecule has 0 aliphatic carbocycles. The van der Waals surface area contributed by atoms with E-state index in [4.69, 9.17) is 4.74 Å². The highest BCUT2D eigenvalue weighted by atomic mass is 16.5. The Morgan fingerprint density at radius 1 is 1.27 bits per heavy atom. The van der Waals surface area contributed by atoms with Gasteiger partial charge in [-0.3, -0.25) is 9.89 Å². The first-order valence-corrected chi connectivity index (χ1v) is 8.07. The molecule has 0 unspecified atom stereocenters. The number of aromatic hydroxyl groups is 1. The van der Waals surface area contributed by atoms with Crippen molar-refractivity contribution in [3.63, 3.8) is 0 Å². The number of aromatic nitrogens is 2. The van der Waals surface area contributed by atoms with E-state index < -0.39 is 5.91 Å². The third-order valence-electron chi connectivity index (χ3n) is 3.54. The van der Waals surface area contributed by atoms with Crippen LogP contribution in [0.2, 0.25) is 0 Å². The average Bonchev–Trinajstić information content (AvgIpc) is 3.12. The Kier molecular flexibility index (Phi) is 5.28. The topological polar surface area (TPSA) is 99.6 Å². The largest absolute Gasteiger partial charge is 0.508 e. The molecule has 3 N–H and O–H groups in total. The van der Waals surface area contributed by atoms with Crippen molar-refractivity contribution in [3.8, 4) is 22.8 Å². The van der Waals surface area contributed by atoms with Gasteiger partial charge >= 0.3 is 0 Å². The number of aromatic amines is 1. The lowest BCUT2D eigenvalue weighted by Crippen LogP contribution is -2.17. The van der Waals surface area contributed by atoms with Gasteiger partial charge in [-0.2, -0.15) is 10.2 Å². The Labute approximate surface area is 150 Å². The predicted octanol–water partition coefficient (Wildman–Crippen LogP) is 2.94. The zero-order valence-electron chi connectivity index (χ0n) is 14.1. The maximum atomic E-state index is 12.2. The maximum Gasteiger partial charge on any atom is 0.289 e. The van der Waals surface area contributed by atoms with E-state index in [1.54, 1.807) is 24.3 Å². The number of carbonyl (C=O) groups is 1. The molecular formula is C19H18N4O3. The molecule has 1 heterocycles. The number of ether oxygens (including phenoxy) is 1. The van der Waals surface area contributed by atoms with Gasteiger partial charge in [0.2, 0.25) is 0 Å². The summed E-state index contributed by atoms with van der Waals surface area (Å²) in [6.45, 7) is 2.45. The van der Waals surface area contributed by atoms with Crippen molar-refractivity contribution in [1.82, 2.24) is 15.6 Å². The van der Waals surface area contributed by atoms with Gasteiger partial charge in [0.15, 0.2) is 0 Å². The summed E-state index contributed by atoms with van der Waals surface area (Å²) in [6, 6.07) is 15.7. The second kappa shape index (κ2) is 7.98. The predicted molar refractivity (Wildman–Crippen MR) is 98.4 cm³/mol. The molecule has 0 saturated heterocycles. The number of nitrogens with one attached hydrogen (secondary N) is 2. The van der Waals surface area contributed by atoms with E-state index in [-0.39, 0.29) is 11.4 Å². The fraction of sp³-hybridized carbons (Fsp3) is 0.105. The smallest absolute Gasteiger partial charge is 0.289 e. The summed E-state index contributed by atoms with van der Waals surface area (Å²) in [7, 11) is 0. The second-order valence-electron chi connectivity index (χ2n) is 5.39. The van der Waals surface area contributed by atoms with E-state index in [0.717, 1.165) is 5.56 Å². The number of nitrogens with zero attached hydrogens (tertiary/aromatic N) is 2. The molecule has 0 saturated carbocycles. The maximum absolute atomic E-state index is 12.2. The number of hydrogen-bond acceptors (Lipinski definition) is 5. The van der Waals surface area contributed by atoms with Crippen LogP contribution < -0.4 is 10.2 Å². The molecule has 0 atom stereocenters. The summed E-state index contributed by atoms with van der Waals surface area (Å²) in [5.41, 5.74) is 4.77. The van der Waals surface area contributed by atoms with Crippen molar-refractivity contribution in [1.29, 1.82) is 0 Å². The summed E-state index contributed by atoms with van der Waals surface area (Å²) in [6.07, 6.45) is 1.44. The third-order valence-corrected chi connectivity index (χ3v) is 3.54. The lowest BCUT2D eigenvalue weighted by molar-refractivity contribution is 0.0950. The highest BCUT2D eigenvalue weighted by Gasteiger charge is 2.13. The van der Waals surface area contributed by atoms with Gasteiger partial charge in [-0.05, 0) is 42.8 Å². The number of amides is 1. The fourth-order valence-electron chi connectivity index (χ4n) is 2.37. The van der Waals surface area contributed by atoms with Crippen LogP contribution in [0.1, 0.15) is 23.0 Å². The average molecular weight is 350 g/mol. The monoisotopic (exact) mass is 350 g/mol. The van der Waals surface area contributed by atoms with Gasteiger partial charge < -0.3 is 9.84 Å². The molecule has 7 heteroatoms. The molecule has 3 rings (SSSR count). The first-order valence-electron chi connectivity index (χ1n) is 8.07. The molecule has 0 aliphatic heterocycles. The SMILES string of the molecule is CCOc1ccccc1-c1cc(C(=O)N/N=C/c2cccc(O)c2)[nH]n1. The number of benzene rings is 2. The normalized spacial score (nSPS) is 10.8. The number of H-pyrrole nitrogens is 1. The molecule has 1 aromatic heterocycles. The van der Waals surface area contributed by atoms with Crippen molar-refractivity contribution >= 4 is 12.1 Å². The number of phenolic OH excluding ortho intramolecular Hbond substituents is 1. The summed E-state index contributed by atoms with van der Waals surface area (Å²) in [5.74, 6) is 0.413. The Morgan fingerprint density at radius 3 is 2.92 bits per heavy atom. The highest BCUT2D eigenvalue weighted by Crippen LogP contribution is 2.28. The van der Waals surface area contributed by atoms with Crippen LogP contribution in [-0.2, 0) is 0 Å². The van der Waals surface area contributed by atoms with E-state index in [1.807, 2.05) is 31.2 Å². The molecule has 0 fully saturated rings. The molecule has 0 spiro atoms. The lowest BCUT2D eigenvalue weighted by Gasteiger charge is -2.07. The van der Waals surface area contributed by atoms with Gasteiger partial charge in [0.25, 0.3) is 5.91 Å². The molecular weight excluding hydrogens is 332 g/mol. The van der Waals surface area contributed by atoms with Gasteiger partial charge in [0, 0.05) is 5.56 Å². The van der Waals surface area contributed by atoms with Crippen LogP contribution in [-0.4, -0.2) is 34.0 Å². The minimum Gasteiger partial charge on any atom is -0.508 e. The van der Waals surface area contributed by atoms with E-state index in [9.17, 15) is 9.90 Å². The van der Waals surface area contributed by atoms with Crippen molar-refractivity contribution < 1.29 is 14.6 Å². The van der Waals surface area contributed by atoms with Gasteiger partial charge in [-0.15, -0.1) is 0 Å². The van der Waals surface area contributed by atoms with Crippen LogP contribution in [0.15, 0.2) is 59.7 Å². The standard InChI is InChI=1S/C19H18N4O3/c1-2-26-18-9-4-3-8-15(18)16-11-17(22-21-16)19(25)23-20-12-13-6-5-7-14(24)10-13/h3-12,24H,2H2,1H3,(H,21,22)(H,23,25)/b20-12+. The Balaban J connectivity index is 1.70. The lowest BCUT2D eigenvalue weighted by atomic mass is 10.1. The molecule has 3 aromatic rings. The number of hydrazone groups is 1. The highest BCUT2D eigenvalue weighted by molar-refractivity contribution is 5.94. The number of para-hydroxylation sites is 1. The van der Waals surface area contributed by atoms with E-state index in [1.165, 1.54) is 12.3 Å². The van der Waals surface area contributed by atoms with Crippen LogP contribution in [0.25, 0.3) is 11.3 Å². The Hall–Kier alpha value is -3.61. The number of hydrogen-bond donors (Lipinski definition) is 3. The van der Waals surface area contributed by atoms with E-state index in [2.05, 4.69) is 20.7 Å².